The van der Waals surface area contributed by atoms with Crippen LogP contribution in [-0.4, -0.2) is 36.2 Å². The lowest BCUT2D eigenvalue weighted by molar-refractivity contribution is 0.0782. The second kappa shape index (κ2) is 6.59. The average Bonchev–Trinajstić information content (AvgIpc) is 2.66. The van der Waals surface area contributed by atoms with Gasteiger partial charge in [-0.3, -0.25) is 4.79 Å². The first-order valence-corrected chi connectivity index (χ1v) is 8.47. The summed E-state index contributed by atoms with van der Waals surface area (Å²) in [6.07, 6.45) is 0. The van der Waals surface area contributed by atoms with Crippen LogP contribution in [0.25, 0.3) is 10.8 Å². The number of carbonyl (C=O) groups is 1. The number of hydrogen-bond donors (Lipinski definition) is 1. The van der Waals surface area contributed by atoms with Gasteiger partial charge in [-0.25, -0.2) is 0 Å². The van der Waals surface area contributed by atoms with Crippen molar-refractivity contribution in [2.45, 2.75) is 6.54 Å². The third kappa shape index (κ3) is 3.04. The number of nitrogens with zero attached hydrogens (tertiary/aromatic N) is 1. The fourth-order valence-corrected chi connectivity index (χ4v) is 3.14. The molecule has 1 N–H and O–H groups in total. The van der Waals surface area contributed by atoms with Crippen LogP contribution in [0.1, 0.15) is 15.9 Å². The van der Waals surface area contributed by atoms with Crippen molar-refractivity contribution in [2.75, 3.05) is 20.3 Å². The molecule has 5 nitrogen and oxygen atoms in total. The van der Waals surface area contributed by atoms with Crippen LogP contribution in [0.2, 0.25) is 0 Å². The number of ether oxygens (including phenoxy) is 2. The van der Waals surface area contributed by atoms with Crippen molar-refractivity contribution in [3.8, 4) is 17.2 Å². The van der Waals surface area contributed by atoms with Gasteiger partial charge in [-0.05, 0) is 40.6 Å². The molecule has 3 aromatic carbocycles. The Morgan fingerprint density at radius 1 is 1.00 bits per heavy atom. The van der Waals surface area contributed by atoms with Gasteiger partial charge in [-0.1, -0.05) is 30.3 Å². The molecule has 0 saturated carbocycles. The highest BCUT2D eigenvalue weighted by atomic mass is 16.6. The molecule has 26 heavy (non-hydrogen) atoms. The number of aromatic hydroxyl groups is 1. The van der Waals surface area contributed by atoms with E-state index in [0.29, 0.717) is 31.1 Å². The van der Waals surface area contributed by atoms with E-state index >= 15 is 0 Å². The van der Waals surface area contributed by atoms with Gasteiger partial charge in [0.25, 0.3) is 5.91 Å². The van der Waals surface area contributed by atoms with Crippen LogP contribution < -0.4 is 9.47 Å². The minimum atomic E-state index is -0.233. The van der Waals surface area contributed by atoms with Crippen LogP contribution >= 0.6 is 0 Å². The number of benzene rings is 3. The second-order valence-corrected chi connectivity index (χ2v) is 6.36. The van der Waals surface area contributed by atoms with E-state index < -0.39 is 0 Å². The number of fused-ring (bicyclic) bond motifs is 2. The van der Waals surface area contributed by atoms with Crippen LogP contribution in [-0.2, 0) is 6.54 Å². The predicted molar refractivity (Wildman–Crippen MR) is 98.8 cm³/mol. The first kappa shape index (κ1) is 16.3. The third-order valence-corrected chi connectivity index (χ3v) is 4.47. The number of hydrogen-bond acceptors (Lipinski definition) is 4. The van der Waals surface area contributed by atoms with Crippen LogP contribution in [0.15, 0.2) is 54.6 Å². The molecule has 0 spiro atoms. The summed E-state index contributed by atoms with van der Waals surface area (Å²) in [6, 6.07) is 16.7. The predicted octanol–water partition coefficient (Wildman–Crippen LogP) is 3.59. The topological polar surface area (TPSA) is 59.0 Å². The molecule has 0 aliphatic carbocycles. The molecule has 132 valence electrons. The third-order valence-electron chi connectivity index (χ3n) is 4.47. The summed E-state index contributed by atoms with van der Waals surface area (Å²) in [6.45, 7) is 1.48. The van der Waals surface area contributed by atoms with E-state index in [1.165, 1.54) is 0 Å². The normalized spacial score (nSPS) is 12.8. The highest BCUT2D eigenvalue weighted by molar-refractivity contribution is 6.01. The van der Waals surface area contributed by atoms with E-state index in [0.717, 1.165) is 22.1 Å². The van der Waals surface area contributed by atoms with Gasteiger partial charge in [0.15, 0.2) is 11.5 Å². The molecular weight excluding hydrogens is 330 g/mol. The molecule has 0 atom stereocenters. The van der Waals surface area contributed by atoms with E-state index in [4.69, 9.17) is 9.47 Å². The lowest BCUT2D eigenvalue weighted by Crippen LogP contribution is -2.26. The zero-order valence-corrected chi connectivity index (χ0v) is 14.4. The monoisotopic (exact) mass is 349 g/mol. The van der Waals surface area contributed by atoms with Crippen LogP contribution in [0, 0.1) is 0 Å². The number of phenolic OH excluding ortho intramolecular Hbond substituents is 1. The first-order valence-electron chi connectivity index (χ1n) is 8.47. The van der Waals surface area contributed by atoms with Crippen molar-refractivity contribution < 1.29 is 19.4 Å². The molecule has 5 heteroatoms. The number of phenols is 1. The molecule has 0 radical (unpaired) electrons. The highest BCUT2D eigenvalue weighted by Crippen LogP contribution is 2.31. The van der Waals surface area contributed by atoms with E-state index in [9.17, 15) is 9.90 Å². The Morgan fingerprint density at radius 2 is 1.69 bits per heavy atom. The Labute approximate surface area is 151 Å². The fraction of sp³-hybridized carbons (Fsp3) is 0.190. The van der Waals surface area contributed by atoms with Gasteiger partial charge in [0.2, 0.25) is 0 Å². The van der Waals surface area contributed by atoms with Gasteiger partial charge >= 0.3 is 0 Å². The van der Waals surface area contributed by atoms with Gasteiger partial charge < -0.3 is 19.5 Å². The molecule has 1 aliphatic rings. The molecule has 0 unspecified atom stereocenters. The maximum absolute atomic E-state index is 12.8. The minimum absolute atomic E-state index is 0.0114. The lowest BCUT2D eigenvalue weighted by Gasteiger charge is -2.21. The van der Waals surface area contributed by atoms with Gasteiger partial charge in [0.05, 0.1) is 5.56 Å². The van der Waals surface area contributed by atoms with Crippen molar-refractivity contribution in [3.05, 3.63) is 65.7 Å². The van der Waals surface area contributed by atoms with E-state index in [1.807, 2.05) is 42.5 Å². The maximum Gasteiger partial charge on any atom is 0.257 e. The van der Waals surface area contributed by atoms with Crippen LogP contribution in [0.3, 0.4) is 0 Å². The summed E-state index contributed by atoms with van der Waals surface area (Å²) in [7, 11) is 1.72. The van der Waals surface area contributed by atoms with E-state index in [1.54, 1.807) is 24.1 Å². The molecule has 0 aromatic heterocycles. The zero-order chi connectivity index (χ0) is 18.1. The molecule has 3 aromatic rings. The van der Waals surface area contributed by atoms with Crippen LogP contribution in [0.4, 0.5) is 0 Å². The quantitative estimate of drug-likeness (QED) is 0.785. The first-order chi connectivity index (χ1) is 12.6. The van der Waals surface area contributed by atoms with Gasteiger partial charge in [0.1, 0.15) is 19.0 Å². The summed E-state index contributed by atoms with van der Waals surface area (Å²) in [5.41, 5.74) is 1.23. The largest absolute Gasteiger partial charge is 0.507 e. The number of carbonyl (C=O) groups excluding carboxylic acids is 1. The fourth-order valence-electron chi connectivity index (χ4n) is 3.14. The molecule has 0 saturated heterocycles. The van der Waals surface area contributed by atoms with E-state index in [2.05, 4.69) is 0 Å². The van der Waals surface area contributed by atoms with E-state index in [-0.39, 0.29) is 11.7 Å². The summed E-state index contributed by atoms with van der Waals surface area (Å²) in [5, 5.41) is 12.1. The van der Waals surface area contributed by atoms with Gasteiger partial charge in [-0.2, -0.15) is 0 Å². The molecular formula is C21H19NO4. The SMILES string of the molecule is CN(Cc1ccc2c(c1)OCCO2)C(=O)c1cc2ccccc2cc1O. The van der Waals surface area contributed by atoms with Crippen molar-refractivity contribution in [3.63, 3.8) is 0 Å². The minimum Gasteiger partial charge on any atom is -0.507 e. The molecule has 1 heterocycles. The Kier molecular flexibility index (Phi) is 4.13. The molecule has 4 rings (SSSR count). The second-order valence-electron chi connectivity index (χ2n) is 6.36. The summed E-state index contributed by atoms with van der Waals surface area (Å²) < 4.78 is 11.1. The van der Waals surface area contributed by atoms with Crippen molar-refractivity contribution in [2.24, 2.45) is 0 Å². The summed E-state index contributed by atoms with van der Waals surface area (Å²) in [5.74, 6) is 1.18. The molecule has 0 fully saturated rings. The Morgan fingerprint density at radius 3 is 2.46 bits per heavy atom. The van der Waals surface area contributed by atoms with Crippen molar-refractivity contribution in [1.82, 2.24) is 4.90 Å². The number of amides is 1. The van der Waals surface area contributed by atoms with Gasteiger partial charge in [0, 0.05) is 13.6 Å². The molecule has 1 amide bonds. The standard InChI is InChI=1S/C21H19NO4/c1-22(13-14-6-7-19-20(10-14)26-9-8-25-19)21(24)17-11-15-4-2-3-5-16(15)12-18(17)23/h2-7,10-12,23H,8-9,13H2,1H3. The Balaban J connectivity index is 1.57. The maximum atomic E-state index is 12.8. The molecule has 1 aliphatic heterocycles. The Hall–Kier alpha value is -3.21. The smallest absolute Gasteiger partial charge is 0.257 e. The average molecular weight is 349 g/mol. The zero-order valence-electron chi connectivity index (χ0n) is 14.4. The van der Waals surface area contributed by atoms with Crippen LogP contribution in [0.5, 0.6) is 17.2 Å². The number of rotatable bonds is 3. The summed E-state index contributed by atoms with van der Waals surface area (Å²) >= 11 is 0. The Bertz CT molecular complexity index is 983. The highest BCUT2D eigenvalue weighted by Gasteiger charge is 2.18. The van der Waals surface area contributed by atoms with Crippen molar-refractivity contribution in [1.29, 1.82) is 0 Å². The summed E-state index contributed by atoms with van der Waals surface area (Å²) in [4.78, 5) is 14.4. The van der Waals surface area contributed by atoms with Crippen molar-refractivity contribution >= 4 is 16.7 Å². The lowest BCUT2D eigenvalue weighted by atomic mass is 10.0. The molecule has 0 bridgehead atoms. The van der Waals surface area contributed by atoms with Gasteiger partial charge in [-0.15, -0.1) is 0 Å².